The van der Waals surface area contributed by atoms with Gasteiger partial charge < -0.3 is 11.1 Å². The summed E-state index contributed by atoms with van der Waals surface area (Å²) in [5.74, 6) is -0.329. The predicted octanol–water partition coefficient (Wildman–Crippen LogP) is 2.11. The zero-order valence-corrected chi connectivity index (χ0v) is 10.8. The minimum absolute atomic E-state index is 0.139. The van der Waals surface area contributed by atoms with Gasteiger partial charge in [0.25, 0.3) is 0 Å². The summed E-state index contributed by atoms with van der Waals surface area (Å²) < 4.78 is 0. The van der Waals surface area contributed by atoms with Crippen molar-refractivity contribution in [1.82, 2.24) is 5.32 Å². The van der Waals surface area contributed by atoms with E-state index in [4.69, 9.17) is 5.73 Å². The molecule has 0 aliphatic carbocycles. The lowest BCUT2D eigenvalue weighted by atomic mass is 10.0. The first-order valence-electron chi connectivity index (χ1n) is 5.84. The predicted molar refractivity (Wildman–Crippen MR) is 74.4 cm³/mol. The summed E-state index contributed by atoms with van der Waals surface area (Å²) in [5.41, 5.74) is 6.43. The van der Waals surface area contributed by atoms with Gasteiger partial charge in [0.15, 0.2) is 0 Å². The summed E-state index contributed by atoms with van der Waals surface area (Å²) in [6.07, 6.45) is 0.856. The van der Waals surface area contributed by atoms with Crippen molar-refractivity contribution >= 4 is 17.2 Å². The minimum atomic E-state index is -0.329. The summed E-state index contributed by atoms with van der Waals surface area (Å²) in [5, 5.41) is 5.25. The van der Waals surface area contributed by atoms with E-state index in [0.717, 1.165) is 6.42 Å². The van der Waals surface area contributed by atoms with Gasteiger partial charge in [-0.1, -0.05) is 36.4 Å². The van der Waals surface area contributed by atoms with Crippen molar-refractivity contribution in [2.75, 3.05) is 6.54 Å². The van der Waals surface area contributed by atoms with Gasteiger partial charge in [0, 0.05) is 10.9 Å². The number of benzene rings is 1. The van der Waals surface area contributed by atoms with E-state index >= 15 is 0 Å². The highest BCUT2D eigenvalue weighted by Gasteiger charge is 2.13. The van der Waals surface area contributed by atoms with E-state index < -0.39 is 0 Å². The molecule has 1 amide bonds. The van der Waals surface area contributed by atoms with Gasteiger partial charge >= 0.3 is 0 Å². The van der Waals surface area contributed by atoms with E-state index in [2.05, 4.69) is 23.5 Å². The molecule has 1 heterocycles. The molecule has 1 aromatic heterocycles. The lowest BCUT2D eigenvalue weighted by Gasteiger charge is -2.16. The van der Waals surface area contributed by atoms with E-state index in [0.29, 0.717) is 0 Å². The quantitative estimate of drug-likeness (QED) is 0.835. The van der Waals surface area contributed by atoms with Crippen LogP contribution in [-0.4, -0.2) is 12.5 Å². The fourth-order valence-corrected chi connectivity index (χ4v) is 2.64. The number of primary amides is 1. The number of thiophene rings is 1. The molecule has 1 aromatic carbocycles. The van der Waals surface area contributed by atoms with Crippen molar-refractivity contribution in [3.8, 4) is 0 Å². The number of amides is 1. The van der Waals surface area contributed by atoms with E-state index in [-0.39, 0.29) is 18.5 Å². The van der Waals surface area contributed by atoms with Gasteiger partial charge in [-0.2, -0.15) is 0 Å². The maximum Gasteiger partial charge on any atom is 0.231 e. The van der Waals surface area contributed by atoms with E-state index in [1.54, 1.807) is 11.3 Å². The Morgan fingerprint density at radius 1 is 1.22 bits per heavy atom. The summed E-state index contributed by atoms with van der Waals surface area (Å²) in [7, 11) is 0. The molecule has 0 aliphatic rings. The Kier molecular flexibility index (Phi) is 4.50. The van der Waals surface area contributed by atoms with E-state index in [1.165, 1.54) is 10.4 Å². The third kappa shape index (κ3) is 3.68. The van der Waals surface area contributed by atoms with Crippen LogP contribution in [0.15, 0.2) is 47.8 Å². The molecule has 0 fully saturated rings. The molecular formula is C14H16N2OS. The van der Waals surface area contributed by atoms with Gasteiger partial charge in [0.2, 0.25) is 5.91 Å². The fraction of sp³-hybridized carbons (Fsp3) is 0.214. The molecule has 0 bridgehead atoms. The smallest absolute Gasteiger partial charge is 0.231 e. The number of rotatable bonds is 6. The van der Waals surface area contributed by atoms with Gasteiger partial charge in [0.05, 0.1) is 6.54 Å². The van der Waals surface area contributed by atoms with Crippen LogP contribution >= 0.6 is 11.3 Å². The van der Waals surface area contributed by atoms with Crippen LogP contribution in [0.3, 0.4) is 0 Å². The molecule has 0 aliphatic heterocycles. The Hall–Kier alpha value is -1.65. The number of carbonyl (C=O) groups excluding carboxylic acids is 1. The molecule has 0 saturated carbocycles. The topological polar surface area (TPSA) is 55.1 Å². The second-order valence-electron chi connectivity index (χ2n) is 4.10. The second-order valence-corrected chi connectivity index (χ2v) is 5.08. The number of nitrogens with one attached hydrogen (secondary N) is 1. The first kappa shape index (κ1) is 12.8. The Morgan fingerprint density at radius 2 is 2.00 bits per heavy atom. The van der Waals surface area contributed by atoms with Crippen molar-refractivity contribution in [3.63, 3.8) is 0 Å². The Bertz CT molecular complexity index is 482. The number of hydrogen-bond donors (Lipinski definition) is 2. The van der Waals surface area contributed by atoms with Gasteiger partial charge in [-0.3, -0.25) is 4.79 Å². The number of nitrogens with two attached hydrogens (primary N) is 1. The molecule has 1 atom stereocenters. The first-order chi connectivity index (χ1) is 8.75. The van der Waals surface area contributed by atoms with Gasteiger partial charge in [-0.15, -0.1) is 11.3 Å². The van der Waals surface area contributed by atoms with E-state index in [1.807, 2.05) is 29.6 Å². The average Bonchev–Trinajstić information content (AvgIpc) is 2.89. The lowest BCUT2D eigenvalue weighted by molar-refractivity contribution is -0.117. The molecule has 2 aromatic rings. The maximum absolute atomic E-state index is 10.9. The van der Waals surface area contributed by atoms with Crippen LogP contribution in [0.1, 0.15) is 16.5 Å². The summed E-state index contributed by atoms with van der Waals surface area (Å²) in [4.78, 5) is 12.1. The van der Waals surface area contributed by atoms with Crippen LogP contribution in [0.4, 0.5) is 0 Å². The van der Waals surface area contributed by atoms with Gasteiger partial charge in [0.1, 0.15) is 0 Å². The molecule has 18 heavy (non-hydrogen) atoms. The molecule has 4 heteroatoms. The zero-order valence-electron chi connectivity index (χ0n) is 10.0. The SMILES string of the molecule is NC(=O)CNC(Cc1ccccc1)c1cccs1. The van der Waals surface area contributed by atoms with Crippen LogP contribution in [0, 0.1) is 0 Å². The summed E-state index contributed by atoms with van der Waals surface area (Å²) >= 11 is 1.69. The lowest BCUT2D eigenvalue weighted by Crippen LogP contribution is -2.32. The van der Waals surface area contributed by atoms with Gasteiger partial charge in [-0.25, -0.2) is 0 Å². The van der Waals surface area contributed by atoms with Crippen LogP contribution in [-0.2, 0) is 11.2 Å². The number of hydrogen-bond acceptors (Lipinski definition) is 3. The molecular weight excluding hydrogens is 244 g/mol. The Balaban J connectivity index is 2.07. The highest BCUT2D eigenvalue weighted by atomic mass is 32.1. The molecule has 0 radical (unpaired) electrons. The highest BCUT2D eigenvalue weighted by Crippen LogP contribution is 2.22. The van der Waals surface area contributed by atoms with Crippen molar-refractivity contribution in [1.29, 1.82) is 0 Å². The molecule has 0 spiro atoms. The highest BCUT2D eigenvalue weighted by molar-refractivity contribution is 7.10. The van der Waals surface area contributed by atoms with Crippen molar-refractivity contribution in [2.45, 2.75) is 12.5 Å². The standard InChI is InChI=1S/C14H16N2OS/c15-14(17)10-16-12(13-7-4-8-18-13)9-11-5-2-1-3-6-11/h1-8,12,16H,9-10H2,(H2,15,17). The first-order valence-corrected chi connectivity index (χ1v) is 6.72. The molecule has 1 unspecified atom stereocenters. The van der Waals surface area contributed by atoms with E-state index in [9.17, 15) is 4.79 Å². The molecule has 0 saturated heterocycles. The Morgan fingerprint density at radius 3 is 2.61 bits per heavy atom. The molecule has 94 valence electrons. The minimum Gasteiger partial charge on any atom is -0.369 e. The van der Waals surface area contributed by atoms with Crippen molar-refractivity contribution in [3.05, 3.63) is 58.3 Å². The normalized spacial score (nSPS) is 12.2. The number of carbonyl (C=O) groups is 1. The molecule has 3 nitrogen and oxygen atoms in total. The zero-order chi connectivity index (χ0) is 12.8. The van der Waals surface area contributed by atoms with Crippen LogP contribution in [0.2, 0.25) is 0 Å². The van der Waals surface area contributed by atoms with Gasteiger partial charge in [-0.05, 0) is 23.4 Å². The third-order valence-corrected chi connectivity index (χ3v) is 3.68. The summed E-state index contributed by atoms with van der Waals surface area (Å²) in [6.45, 7) is 0.204. The van der Waals surface area contributed by atoms with Crippen LogP contribution in [0.5, 0.6) is 0 Å². The second kappa shape index (κ2) is 6.33. The van der Waals surface area contributed by atoms with Crippen LogP contribution in [0.25, 0.3) is 0 Å². The largest absolute Gasteiger partial charge is 0.369 e. The summed E-state index contributed by atoms with van der Waals surface area (Å²) in [6, 6.07) is 14.5. The molecule has 2 rings (SSSR count). The van der Waals surface area contributed by atoms with Crippen LogP contribution < -0.4 is 11.1 Å². The maximum atomic E-state index is 10.9. The van der Waals surface area contributed by atoms with Crippen molar-refractivity contribution in [2.24, 2.45) is 5.73 Å². The monoisotopic (exact) mass is 260 g/mol. The third-order valence-electron chi connectivity index (χ3n) is 2.69. The average molecular weight is 260 g/mol. The fourth-order valence-electron chi connectivity index (χ4n) is 1.84. The Labute approximate surface area is 111 Å². The molecule has 3 N–H and O–H groups in total. The van der Waals surface area contributed by atoms with Crippen molar-refractivity contribution < 1.29 is 4.79 Å².